The van der Waals surface area contributed by atoms with Crippen LogP contribution in [-0.2, 0) is 0 Å². The van der Waals surface area contributed by atoms with Crippen molar-refractivity contribution < 1.29 is 19.0 Å². The van der Waals surface area contributed by atoms with E-state index in [0.29, 0.717) is 17.1 Å². The average molecular weight is 355 g/mol. The summed E-state index contributed by atoms with van der Waals surface area (Å²) in [6.07, 6.45) is -1.12. The molecule has 21 heavy (non-hydrogen) atoms. The van der Waals surface area contributed by atoms with E-state index < -0.39 is 11.9 Å². The van der Waals surface area contributed by atoms with Crippen LogP contribution in [0.25, 0.3) is 0 Å². The van der Waals surface area contributed by atoms with Crippen molar-refractivity contribution in [1.29, 1.82) is 0 Å². The van der Waals surface area contributed by atoms with Crippen LogP contribution >= 0.6 is 15.9 Å². The number of halogens is 2. The van der Waals surface area contributed by atoms with E-state index in [9.17, 15) is 9.50 Å². The van der Waals surface area contributed by atoms with Crippen LogP contribution in [0.2, 0.25) is 0 Å². The third-order valence-electron chi connectivity index (χ3n) is 3.31. The Balaban J connectivity index is 2.49. The molecule has 0 amide bonds. The summed E-state index contributed by atoms with van der Waals surface area (Å²) in [6.45, 7) is 1.91. The summed E-state index contributed by atoms with van der Waals surface area (Å²) in [5.74, 6) is 0.388. The lowest BCUT2D eigenvalue weighted by molar-refractivity contribution is 0.209. The number of aliphatic hydroxyl groups excluding tert-OH is 1. The fourth-order valence-electron chi connectivity index (χ4n) is 2.08. The summed E-state index contributed by atoms with van der Waals surface area (Å²) < 4.78 is 25.2. The van der Waals surface area contributed by atoms with Gasteiger partial charge in [0.05, 0.1) is 14.2 Å². The molecular formula is C16H16BrFO3. The minimum absolute atomic E-state index is 0.171. The van der Waals surface area contributed by atoms with Gasteiger partial charge in [-0.1, -0.05) is 15.9 Å². The molecule has 0 bridgehead atoms. The third-order valence-corrected chi connectivity index (χ3v) is 4.16. The molecule has 1 atom stereocenters. The van der Waals surface area contributed by atoms with Gasteiger partial charge in [-0.05, 0) is 36.8 Å². The van der Waals surface area contributed by atoms with Crippen LogP contribution in [-0.4, -0.2) is 19.3 Å². The van der Waals surface area contributed by atoms with Crippen LogP contribution in [0.5, 0.6) is 11.5 Å². The van der Waals surface area contributed by atoms with Gasteiger partial charge in [-0.25, -0.2) is 4.39 Å². The summed E-state index contributed by atoms with van der Waals surface area (Å²) in [4.78, 5) is 0. The van der Waals surface area contributed by atoms with Gasteiger partial charge in [0.1, 0.15) is 23.4 Å². The maximum Gasteiger partial charge on any atom is 0.133 e. The topological polar surface area (TPSA) is 38.7 Å². The highest BCUT2D eigenvalue weighted by Crippen LogP contribution is 2.35. The number of benzene rings is 2. The fraction of sp³-hybridized carbons (Fsp3) is 0.250. The van der Waals surface area contributed by atoms with Gasteiger partial charge in [0.2, 0.25) is 0 Å². The Kier molecular flexibility index (Phi) is 4.85. The monoisotopic (exact) mass is 354 g/mol. The minimum atomic E-state index is -1.12. The molecule has 2 rings (SSSR count). The number of ether oxygens (including phenoxy) is 2. The number of rotatable bonds is 4. The molecule has 112 valence electrons. The zero-order valence-electron chi connectivity index (χ0n) is 12.0. The van der Waals surface area contributed by atoms with E-state index >= 15 is 0 Å². The van der Waals surface area contributed by atoms with E-state index in [4.69, 9.17) is 9.47 Å². The molecule has 0 saturated heterocycles. The largest absolute Gasteiger partial charge is 0.497 e. The van der Waals surface area contributed by atoms with Crippen molar-refractivity contribution >= 4 is 15.9 Å². The standard InChI is InChI=1S/C16H16BrFO3/c1-9-6-15(21-3)12(8-13(9)17)16(19)11-5-4-10(20-2)7-14(11)18/h4-8,16,19H,1-3H3. The Hall–Kier alpha value is -1.59. The predicted molar refractivity (Wildman–Crippen MR) is 82.4 cm³/mol. The van der Waals surface area contributed by atoms with Gasteiger partial charge in [0.25, 0.3) is 0 Å². The molecule has 0 aliphatic rings. The van der Waals surface area contributed by atoms with E-state index in [0.717, 1.165) is 10.0 Å². The Morgan fingerprint density at radius 3 is 2.38 bits per heavy atom. The van der Waals surface area contributed by atoms with E-state index in [1.54, 1.807) is 18.2 Å². The first-order valence-corrected chi connectivity index (χ1v) is 7.12. The Labute approximate surface area is 131 Å². The van der Waals surface area contributed by atoms with Gasteiger partial charge >= 0.3 is 0 Å². The quantitative estimate of drug-likeness (QED) is 0.901. The first-order valence-electron chi connectivity index (χ1n) is 6.33. The molecule has 0 radical (unpaired) electrons. The molecule has 1 unspecified atom stereocenters. The molecule has 5 heteroatoms. The van der Waals surface area contributed by atoms with Crippen molar-refractivity contribution in [1.82, 2.24) is 0 Å². The number of aryl methyl sites for hydroxylation is 1. The summed E-state index contributed by atoms with van der Waals surface area (Å²) in [5.41, 5.74) is 1.64. The Bertz CT molecular complexity index is 658. The molecule has 0 spiro atoms. The minimum Gasteiger partial charge on any atom is -0.497 e. The number of methoxy groups -OCH3 is 2. The Morgan fingerprint density at radius 1 is 1.10 bits per heavy atom. The highest BCUT2D eigenvalue weighted by molar-refractivity contribution is 9.10. The number of hydrogen-bond donors (Lipinski definition) is 1. The van der Waals surface area contributed by atoms with Gasteiger partial charge < -0.3 is 14.6 Å². The summed E-state index contributed by atoms with van der Waals surface area (Å²) in [7, 11) is 2.98. The molecule has 1 N–H and O–H groups in total. The molecule has 0 heterocycles. The molecule has 0 aliphatic heterocycles. The van der Waals surface area contributed by atoms with Crippen molar-refractivity contribution in [3.05, 3.63) is 57.3 Å². The lowest BCUT2D eigenvalue weighted by Crippen LogP contribution is -2.05. The van der Waals surface area contributed by atoms with Crippen LogP contribution in [0.4, 0.5) is 4.39 Å². The highest BCUT2D eigenvalue weighted by Gasteiger charge is 2.20. The van der Waals surface area contributed by atoms with E-state index in [-0.39, 0.29) is 5.56 Å². The van der Waals surface area contributed by atoms with Crippen molar-refractivity contribution in [2.75, 3.05) is 14.2 Å². The van der Waals surface area contributed by atoms with Crippen molar-refractivity contribution in [3.63, 3.8) is 0 Å². The smallest absolute Gasteiger partial charge is 0.133 e. The van der Waals surface area contributed by atoms with Crippen molar-refractivity contribution in [3.8, 4) is 11.5 Å². The molecule has 0 fully saturated rings. The number of hydrogen-bond acceptors (Lipinski definition) is 3. The summed E-state index contributed by atoms with van der Waals surface area (Å²) in [5, 5.41) is 10.5. The van der Waals surface area contributed by atoms with Crippen LogP contribution in [0, 0.1) is 12.7 Å². The number of aliphatic hydroxyl groups is 1. The lowest BCUT2D eigenvalue weighted by atomic mass is 9.99. The molecule has 0 saturated carbocycles. The molecular weight excluding hydrogens is 339 g/mol. The van der Waals surface area contributed by atoms with E-state index in [2.05, 4.69) is 15.9 Å². The second-order valence-corrected chi connectivity index (χ2v) is 5.49. The maximum atomic E-state index is 14.1. The first-order chi connectivity index (χ1) is 9.97. The normalized spacial score (nSPS) is 12.1. The second kappa shape index (κ2) is 6.45. The van der Waals surface area contributed by atoms with E-state index in [1.165, 1.54) is 26.4 Å². The van der Waals surface area contributed by atoms with Gasteiger partial charge in [-0.15, -0.1) is 0 Å². The van der Waals surface area contributed by atoms with Gasteiger partial charge in [-0.3, -0.25) is 0 Å². The van der Waals surface area contributed by atoms with Gasteiger partial charge in [-0.2, -0.15) is 0 Å². The van der Waals surface area contributed by atoms with Crippen molar-refractivity contribution in [2.45, 2.75) is 13.0 Å². The third kappa shape index (κ3) is 3.19. The van der Waals surface area contributed by atoms with E-state index in [1.807, 2.05) is 6.92 Å². The first kappa shape index (κ1) is 15.8. The Morgan fingerprint density at radius 2 is 1.81 bits per heavy atom. The maximum absolute atomic E-state index is 14.1. The molecule has 2 aromatic rings. The zero-order chi connectivity index (χ0) is 15.6. The predicted octanol–water partition coefficient (Wildman–Crippen LogP) is 4.00. The molecule has 0 aliphatic carbocycles. The van der Waals surface area contributed by atoms with Crippen LogP contribution < -0.4 is 9.47 Å². The molecule has 3 nitrogen and oxygen atoms in total. The summed E-state index contributed by atoms with van der Waals surface area (Å²) >= 11 is 3.41. The van der Waals surface area contributed by atoms with Crippen molar-refractivity contribution in [2.24, 2.45) is 0 Å². The van der Waals surface area contributed by atoms with Crippen LogP contribution in [0.3, 0.4) is 0 Å². The second-order valence-electron chi connectivity index (χ2n) is 4.63. The van der Waals surface area contributed by atoms with Crippen LogP contribution in [0.1, 0.15) is 22.8 Å². The average Bonchev–Trinajstić information content (AvgIpc) is 2.48. The fourth-order valence-corrected chi connectivity index (χ4v) is 2.45. The zero-order valence-corrected chi connectivity index (χ0v) is 13.6. The molecule has 2 aromatic carbocycles. The highest BCUT2D eigenvalue weighted by atomic mass is 79.9. The van der Waals surface area contributed by atoms with Gasteiger partial charge in [0.15, 0.2) is 0 Å². The van der Waals surface area contributed by atoms with Gasteiger partial charge in [0, 0.05) is 21.7 Å². The lowest BCUT2D eigenvalue weighted by Gasteiger charge is -2.17. The van der Waals surface area contributed by atoms with Crippen LogP contribution in [0.15, 0.2) is 34.8 Å². The molecule has 0 aromatic heterocycles. The SMILES string of the molecule is COc1ccc(C(O)c2cc(Br)c(C)cc2OC)c(F)c1. The summed E-state index contributed by atoms with van der Waals surface area (Å²) in [6, 6.07) is 7.89.